The zero-order chi connectivity index (χ0) is 22.1. The highest BCUT2D eigenvalue weighted by Crippen LogP contribution is 2.26. The van der Waals surface area contributed by atoms with Crippen LogP contribution in [0.3, 0.4) is 0 Å². The number of hydrogen-bond acceptors (Lipinski definition) is 7. The maximum absolute atomic E-state index is 12.4. The van der Waals surface area contributed by atoms with Crippen molar-refractivity contribution in [1.29, 1.82) is 0 Å². The van der Waals surface area contributed by atoms with Crippen LogP contribution in [-0.2, 0) is 19.0 Å². The first kappa shape index (κ1) is 23.1. The first-order valence-electron chi connectivity index (χ1n) is 10.1. The first-order chi connectivity index (χ1) is 14.4. The van der Waals surface area contributed by atoms with Crippen LogP contribution in [0.4, 0.5) is 5.69 Å². The van der Waals surface area contributed by atoms with E-state index < -0.39 is 11.9 Å². The van der Waals surface area contributed by atoms with Gasteiger partial charge in [0.2, 0.25) is 5.52 Å². The summed E-state index contributed by atoms with van der Waals surface area (Å²) in [6.07, 6.45) is 2.13. The smallest absolute Gasteiger partial charge is 0.346 e. The van der Waals surface area contributed by atoms with E-state index in [9.17, 15) is 14.4 Å². The van der Waals surface area contributed by atoms with Gasteiger partial charge in [-0.25, -0.2) is 14.6 Å². The van der Waals surface area contributed by atoms with Crippen LogP contribution in [0, 0.1) is 5.92 Å². The fraction of sp³-hybridized carbons (Fsp3) is 0.455. The number of pyridine rings is 1. The van der Waals surface area contributed by atoms with Gasteiger partial charge in [0.1, 0.15) is 5.56 Å². The summed E-state index contributed by atoms with van der Waals surface area (Å²) < 4.78 is 15.4. The lowest BCUT2D eigenvalue weighted by Gasteiger charge is -2.13. The number of aromatic amines is 1. The van der Waals surface area contributed by atoms with Crippen LogP contribution in [0.15, 0.2) is 24.4 Å². The zero-order valence-electron chi connectivity index (χ0n) is 17.9. The van der Waals surface area contributed by atoms with Crippen molar-refractivity contribution in [2.45, 2.75) is 34.1 Å². The summed E-state index contributed by atoms with van der Waals surface area (Å²) in [5, 5.41) is 3.89. The molecule has 0 fully saturated rings. The van der Waals surface area contributed by atoms with Gasteiger partial charge in [0.25, 0.3) is 0 Å². The molecule has 0 aliphatic heterocycles. The molecule has 30 heavy (non-hydrogen) atoms. The Labute approximate surface area is 175 Å². The van der Waals surface area contributed by atoms with Crippen molar-refractivity contribution in [3.63, 3.8) is 0 Å². The van der Waals surface area contributed by atoms with Gasteiger partial charge >= 0.3 is 17.9 Å². The Bertz CT molecular complexity index is 905. The van der Waals surface area contributed by atoms with E-state index in [2.05, 4.69) is 10.3 Å². The lowest BCUT2D eigenvalue weighted by Crippen LogP contribution is -2.18. The van der Waals surface area contributed by atoms with E-state index in [-0.39, 0.29) is 31.7 Å². The van der Waals surface area contributed by atoms with E-state index in [0.717, 1.165) is 5.52 Å². The monoisotopic (exact) mass is 417 g/mol. The zero-order valence-corrected chi connectivity index (χ0v) is 17.9. The number of esters is 3. The number of fused-ring (bicyclic) bond motifs is 1. The van der Waals surface area contributed by atoms with E-state index in [4.69, 9.17) is 14.2 Å². The molecule has 0 atom stereocenters. The number of aromatic nitrogens is 1. The van der Waals surface area contributed by atoms with Crippen molar-refractivity contribution < 1.29 is 33.6 Å². The normalized spacial score (nSPS) is 10.7. The Morgan fingerprint density at radius 3 is 2.40 bits per heavy atom. The SMILES string of the molecule is CCOC(=O)c1ccc2[nH+]cc(C(=O)OCC)c(NCCCOC(=O)C(C)C)c2c1. The minimum Gasteiger partial charge on any atom is -0.465 e. The molecule has 8 nitrogen and oxygen atoms in total. The van der Waals surface area contributed by atoms with Crippen molar-refractivity contribution in [1.82, 2.24) is 0 Å². The summed E-state index contributed by atoms with van der Waals surface area (Å²) in [4.78, 5) is 39.2. The number of H-pyrrole nitrogens is 1. The third-order valence-corrected chi connectivity index (χ3v) is 4.28. The Kier molecular flexibility index (Phi) is 8.58. The van der Waals surface area contributed by atoms with Gasteiger partial charge < -0.3 is 19.5 Å². The van der Waals surface area contributed by atoms with E-state index in [1.165, 1.54) is 0 Å². The quantitative estimate of drug-likeness (QED) is 0.360. The van der Waals surface area contributed by atoms with Gasteiger partial charge in [-0.3, -0.25) is 4.79 Å². The second kappa shape index (κ2) is 11.1. The molecule has 0 spiro atoms. The summed E-state index contributed by atoms with van der Waals surface area (Å²) in [6, 6.07) is 5.09. The van der Waals surface area contributed by atoms with E-state index in [1.54, 1.807) is 52.1 Å². The molecule has 1 aromatic carbocycles. The Hall–Kier alpha value is -3.16. The van der Waals surface area contributed by atoms with Crippen molar-refractivity contribution in [2.75, 3.05) is 31.7 Å². The molecule has 0 amide bonds. The Morgan fingerprint density at radius 2 is 1.73 bits per heavy atom. The molecule has 0 bridgehead atoms. The first-order valence-corrected chi connectivity index (χ1v) is 10.1. The topological polar surface area (TPSA) is 105 Å². The molecule has 1 aromatic heterocycles. The predicted octanol–water partition coefficient (Wildman–Crippen LogP) is 3.01. The fourth-order valence-corrected chi connectivity index (χ4v) is 2.77. The van der Waals surface area contributed by atoms with Gasteiger partial charge in [0.05, 0.1) is 42.4 Å². The van der Waals surface area contributed by atoms with Gasteiger partial charge in [0.15, 0.2) is 6.20 Å². The van der Waals surface area contributed by atoms with Crippen LogP contribution < -0.4 is 10.3 Å². The summed E-state index contributed by atoms with van der Waals surface area (Å²) in [5.41, 5.74) is 1.99. The van der Waals surface area contributed by atoms with Gasteiger partial charge in [-0.1, -0.05) is 13.8 Å². The standard InChI is InChI=1S/C22H28N2O6/c1-5-28-21(26)15-8-9-18-16(12-15)19(17(13-24-18)22(27)29-6-2)23-10-7-11-30-20(25)14(3)4/h8-9,12-14H,5-7,10-11H2,1-4H3,(H,23,24)/p+1. The highest BCUT2D eigenvalue weighted by Gasteiger charge is 2.21. The molecular weight excluding hydrogens is 388 g/mol. The van der Waals surface area contributed by atoms with Crippen LogP contribution in [0.5, 0.6) is 0 Å². The van der Waals surface area contributed by atoms with Crippen LogP contribution in [0.25, 0.3) is 10.9 Å². The maximum atomic E-state index is 12.4. The molecule has 2 aromatic rings. The highest BCUT2D eigenvalue weighted by molar-refractivity contribution is 6.05. The number of hydrogen-bond donors (Lipinski definition) is 1. The lowest BCUT2D eigenvalue weighted by atomic mass is 10.1. The minimum absolute atomic E-state index is 0.178. The van der Waals surface area contributed by atoms with Crippen molar-refractivity contribution in [2.24, 2.45) is 5.92 Å². The number of rotatable bonds is 10. The van der Waals surface area contributed by atoms with Crippen molar-refractivity contribution in [3.8, 4) is 0 Å². The summed E-state index contributed by atoms with van der Waals surface area (Å²) >= 11 is 0. The lowest BCUT2D eigenvalue weighted by molar-refractivity contribution is -0.344. The average molecular weight is 417 g/mol. The highest BCUT2D eigenvalue weighted by atomic mass is 16.5. The van der Waals surface area contributed by atoms with Gasteiger partial charge in [-0.2, -0.15) is 0 Å². The number of benzene rings is 1. The molecule has 0 radical (unpaired) electrons. The average Bonchev–Trinajstić information content (AvgIpc) is 2.73. The van der Waals surface area contributed by atoms with Crippen molar-refractivity contribution in [3.05, 3.63) is 35.5 Å². The molecule has 0 aliphatic rings. The summed E-state index contributed by atoms with van der Waals surface area (Å²) in [5.74, 6) is -1.34. The number of anilines is 1. The van der Waals surface area contributed by atoms with Gasteiger partial charge in [-0.15, -0.1) is 0 Å². The second-order valence-electron chi connectivity index (χ2n) is 6.88. The number of carbonyl (C=O) groups excluding carboxylic acids is 3. The minimum atomic E-state index is -0.481. The van der Waals surface area contributed by atoms with E-state index in [1.807, 2.05) is 0 Å². The second-order valence-corrected chi connectivity index (χ2v) is 6.88. The van der Waals surface area contributed by atoms with Gasteiger partial charge in [-0.05, 0) is 32.4 Å². The third kappa shape index (κ3) is 5.92. The largest absolute Gasteiger partial charge is 0.465 e. The molecule has 2 N–H and O–H groups in total. The van der Waals surface area contributed by atoms with Crippen LogP contribution >= 0.6 is 0 Å². The molecule has 0 unspecified atom stereocenters. The van der Waals surface area contributed by atoms with E-state index >= 15 is 0 Å². The van der Waals surface area contributed by atoms with Crippen molar-refractivity contribution >= 4 is 34.5 Å². The molecule has 1 heterocycles. The fourth-order valence-electron chi connectivity index (χ4n) is 2.77. The van der Waals surface area contributed by atoms with Crippen LogP contribution in [0.1, 0.15) is 54.8 Å². The third-order valence-electron chi connectivity index (χ3n) is 4.28. The Morgan fingerprint density at radius 1 is 1.03 bits per heavy atom. The molecule has 8 heteroatoms. The summed E-state index contributed by atoms with van der Waals surface area (Å²) in [7, 11) is 0. The molecule has 2 rings (SSSR count). The molecule has 0 aliphatic carbocycles. The molecular formula is C22H29N2O6+. The van der Waals surface area contributed by atoms with Gasteiger partial charge in [0, 0.05) is 12.6 Å². The number of carbonyl (C=O) groups is 3. The Balaban J connectivity index is 2.29. The number of nitrogens with one attached hydrogen (secondary N) is 2. The molecule has 162 valence electrons. The maximum Gasteiger partial charge on any atom is 0.346 e. The summed E-state index contributed by atoms with van der Waals surface area (Å²) in [6.45, 7) is 8.27. The van der Waals surface area contributed by atoms with Crippen LogP contribution in [0.2, 0.25) is 0 Å². The predicted molar refractivity (Wildman–Crippen MR) is 111 cm³/mol. The van der Waals surface area contributed by atoms with E-state index in [0.29, 0.717) is 35.2 Å². The molecule has 0 saturated carbocycles. The number of ether oxygens (including phenoxy) is 3. The van der Waals surface area contributed by atoms with Crippen LogP contribution in [-0.4, -0.2) is 44.3 Å². The molecule has 0 saturated heterocycles.